The number of nitrogens with one attached hydrogen (secondary N) is 2. The van der Waals surface area contributed by atoms with Crippen LogP contribution in [-0.2, 0) is 11.3 Å². The molecule has 0 radical (unpaired) electrons. The van der Waals surface area contributed by atoms with Gasteiger partial charge in [-0.2, -0.15) is 0 Å². The topological polar surface area (TPSA) is 71.1 Å². The number of carbonyl (C=O) groups is 2. The predicted octanol–water partition coefficient (Wildman–Crippen LogP) is 2.76. The van der Waals surface area contributed by atoms with Gasteiger partial charge in [-0.05, 0) is 30.2 Å². The van der Waals surface area contributed by atoms with Crippen LogP contribution in [0.4, 0.5) is 0 Å². The van der Waals surface area contributed by atoms with E-state index in [1.165, 1.54) is 6.08 Å². The first-order valence-electron chi connectivity index (χ1n) is 7.85. The van der Waals surface area contributed by atoms with Crippen LogP contribution in [0.2, 0.25) is 0 Å². The minimum atomic E-state index is -0.276. The van der Waals surface area contributed by atoms with E-state index in [0.29, 0.717) is 11.3 Å². The maximum absolute atomic E-state index is 12.5. The van der Waals surface area contributed by atoms with Gasteiger partial charge in [-0.25, -0.2) is 0 Å². The molecule has 1 aromatic carbocycles. The summed E-state index contributed by atoms with van der Waals surface area (Å²) in [4.78, 5) is 27.9. The molecule has 2 aromatic rings. The van der Waals surface area contributed by atoms with E-state index < -0.39 is 0 Å². The third kappa shape index (κ3) is 4.78. The lowest BCUT2D eigenvalue weighted by Gasteiger charge is -2.17. The Balaban J connectivity index is 2.06. The lowest BCUT2D eigenvalue weighted by molar-refractivity contribution is -0.116. The SMILES string of the molecule is C=CC(=O)NCc1cc(C(=O)N[C@@H](CC)c2ccccc2)ccn1. The van der Waals surface area contributed by atoms with E-state index in [2.05, 4.69) is 22.2 Å². The molecule has 0 fully saturated rings. The fraction of sp³-hybridized carbons (Fsp3) is 0.211. The molecule has 2 rings (SSSR count). The maximum atomic E-state index is 12.5. The van der Waals surface area contributed by atoms with E-state index in [1.54, 1.807) is 18.3 Å². The Morgan fingerprint density at radius 2 is 2.00 bits per heavy atom. The van der Waals surface area contributed by atoms with Gasteiger partial charge in [-0.3, -0.25) is 14.6 Å². The molecule has 0 aliphatic heterocycles. The number of benzene rings is 1. The van der Waals surface area contributed by atoms with Gasteiger partial charge >= 0.3 is 0 Å². The molecule has 24 heavy (non-hydrogen) atoms. The molecule has 0 bridgehead atoms. The van der Waals surface area contributed by atoms with Gasteiger partial charge < -0.3 is 10.6 Å². The van der Waals surface area contributed by atoms with Crippen LogP contribution in [-0.4, -0.2) is 16.8 Å². The Bertz CT molecular complexity index is 714. The zero-order valence-corrected chi connectivity index (χ0v) is 13.7. The number of pyridine rings is 1. The molecule has 5 nitrogen and oxygen atoms in total. The summed E-state index contributed by atoms with van der Waals surface area (Å²) in [6, 6.07) is 13.1. The largest absolute Gasteiger partial charge is 0.347 e. The summed E-state index contributed by atoms with van der Waals surface area (Å²) in [7, 11) is 0. The van der Waals surface area contributed by atoms with Crippen LogP contribution in [0.15, 0.2) is 61.3 Å². The molecule has 0 saturated carbocycles. The Morgan fingerprint density at radius 1 is 1.25 bits per heavy atom. The van der Waals surface area contributed by atoms with Gasteiger partial charge in [0, 0.05) is 11.8 Å². The van der Waals surface area contributed by atoms with Crippen molar-refractivity contribution in [1.82, 2.24) is 15.6 Å². The van der Waals surface area contributed by atoms with Gasteiger partial charge in [0.1, 0.15) is 0 Å². The molecular formula is C19H21N3O2. The van der Waals surface area contributed by atoms with Gasteiger partial charge in [-0.1, -0.05) is 43.8 Å². The van der Waals surface area contributed by atoms with Crippen molar-refractivity contribution in [2.75, 3.05) is 0 Å². The van der Waals surface area contributed by atoms with Crippen molar-refractivity contribution in [3.63, 3.8) is 0 Å². The highest BCUT2D eigenvalue weighted by Crippen LogP contribution is 2.16. The lowest BCUT2D eigenvalue weighted by Crippen LogP contribution is -2.28. The Kier molecular flexibility index (Phi) is 6.25. The molecule has 124 valence electrons. The van der Waals surface area contributed by atoms with Crippen molar-refractivity contribution in [1.29, 1.82) is 0 Å². The molecule has 0 spiro atoms. The van der Waals surface area contributed by atoms with Crippen LogP contribution in [0.3, 0.4) is 0 Å². The molecule has 5 heteroatoms. The quantitative estimate of drug-likeness (QED) is 0.770. The summed E-state index contributed by atoms with van der Waals surface area (Å²) in [6.07, 6.45) is 3.55. The number of aromatic nitrogens is 1. The monoisotopic (exact) mass is 323 g/mol. The maximum Gasteiger partial charge on any atom is 0.251 e. The summed E-state index contributed by atoms with van der Waals surface area (Å²) in [5.74, 6) is -0.439. The fourth-order valence-corrected chi connectivity index (χ4v) is 2.31. The van der Waals surface area contributed by atoms with Gasteiger partial charge in [-0.15, -0.1) is 0 Å². The van der Waals surface area contributed by atoms with Crippen LogP contribution in [0.5, 0.6) is 0 Å². The highest BCUT2D eigenvalue weighted by molar-refractivity contribution is 5.94. The second kappa shape index (κ2) is 8.62. The van der Waals surface area contributed by atoms with Gasteiger partial charge in [0.05, 0.1) is 18.3 Å². The van der Waals surface area contributed by atoms with Crippen molar-refractivity contribution >= 4 is 11.8 Å². The Morgan fingerprint density at radius 3 is 2.67 bits per heavy atom. The number of nitrogens with zero attached hydrogens (tertiary/aromatic N) is 1. The average molecular weight is 323 g/mol. The summed E-state index contributed by atoms with van der Waals surface area (Å²) in [6.45, 7) is 5.67. The van der Waals surface area contributed by atoms with Crippen LogP contribution in [0.25, 0.3) is 0 Å². The molecule has 0 aliphatic rings. The highest BCUT2D eigenvalue weighted by atomic mass is 16.2. The van der Waals surface area contributed by atoms with Crippen LogP contribution >= 0.6 is 0 Å². The second-order valence-electron chi connectivity index (χ2n) is 5.30. The van der Waals surface area contributed by atoms with E-state index in [-0.39, 0.29) is 24.4 Å². The van der Waals surface area contributed by atoms with Crippen molar-refractivity contribution in [3.05, 3.63) is 78.1 Å². The molecule has 0 unspecified atom stereocenters. The standard InChI is InChI=1S/C19H21N3O2/c1-3-17(14-8-6-5-7-9-14)22-19(24)15-10-11-20-16(12-15)13-21-18(23)4-2/h4-12,17H,2-3,13H2,1H3,(H,21,23)(H,22,24)/t17-/m0/s1. The number of hydrogen-bond donors (Lipinski definition) is 2. The number of amides is 2. The third-order valence-corrected chi connectivity index (χ3v) is 3.62. The molecule has 1 heterocycles. The zero-order chi connectivity index (χ0) is 17.4. The van der Waals surface area contributed by atoms with Gasteiger partial charge in [0.25, 0.3) is 5.91 Å². The molecule has 2 amide bonds. The first kappa shape index (κ1) is 17.4. The molecule has 0 saturated heterocycles. The highest BCUT2D eigenvalue weighted by Gasteiger charge is 2.14. The molecule has 1 atom stereocenters. The predicted molar refractivity (Wildman–Crippen MR) is 93.2 cm³/mol. The average Bonchev–Trinajstić information content (AvgIpc) is 2.64. The van der Waals surface area contributed by atoms with E-state index >= 15 is 0 Å². The summed E-state index contributed by atoms with van der Waals surface area (Å²) >= 11 is 0. The number of carbonyl (C=O) groups excluding carboxylic acids is 2. The number of hydrogen-bond acceptors (Lipinski definition) is 3. The first-order chi connectivity index (χ1) is 11.6. The third-order valence-electron chi connectivity index (χ3n) is 3.62. The summed E-state index contributed by atoms with van der Waals surface area (Å²) < 4.78 is 0. The van der Waals surface area contributed by atoms with Crippen LogP contribution < -0.4 is 10.6 Å². The minimum absolute atomic E-state index is 0.0456. The normalized spacial score (nSPS) is 11.4. The van der Waals surface area contributed by atoms with E-state index in [1.807, 2.05) is 37.3 Å². The van der Waals surface area contributed by atoms with Gasteiger partial charge in [0.2, 0.25) is 5.91 Å². The Hall–Kier alpha value is -2.95. The van der Waals surface area contributed by atoms with Gasteiger partial charge in [0.15, 0.2) is 0 Å². The minimum Gasteiger partial charge on any atom is -0.347 e. The smallest absolute Gasteiger partial charge is 0.251 e. The second-order valence-corrected chi connectivity index (χ2v) is 5.30. The fourth-order valence-electron chi connectivity index (χ4n) is 2.31. The van der Waals surface area contributed by atoms with E-state index in [0.717, 1.165) is 12.0 Å². The molecule has 0 aliphatic carbocycles. The first-order valence-corrected chi connectivity index (χ1v) is 7.85. The molecular weight excluding hydrogens is 302 g/mol. The van der Waals surface area contributed by atoms with E-state index in [9.17, 15) is 9.59 Å². The molecule has 1 aromatic heterocycles. The number of rotatable bonds is 7. The van der Waals surface area contributed by atoms with Crippen molar-refractivity contribution in [2.45, 2.75) is 25.9 Å². The van der Waals surface area contributed by atoms with Crippen LogP contribution in [0, 0.1) is 0 Å². The zero-order valence-electron chi connectivity index (χ0n) is 13.7. The summed E-state index contributed by atoms with van der Waals surface area (Å²) in [5, 5.41) is 5.67. The summed E-state index contributed by atoms with van der Waals surface area (Å²) in [5.41, 5.74) is 2.20. The van der Waals surface area contributed by atoms with Crippen molar-refractivity contribution in [2.24, 2.45) is 0 Å². The Labute approximate surface area is 141 Å². The lowest BCUT2D eigenvalue weighted by atomic mass is 10.0. The molecule has 2 N–H and O–H groups in total. The van der Waals surface area contributed by atoms with Crippen molar-refractivity contribution in [3.8, 4) is 0 Å². The van der Waals surface area contributed by atoms with Crippen molar-refractivity contribution < 1.29 is 9.59 Å². The van der Waals surface area contributed by atoms with E-state index in [4.69, 9.17) is 0 Å². The van der Waals surface area contributed by atoms with Crippen LogP contribution in [0.1, 0.15) is 41.0 Å².